The second-order valence-corrected chi connectivity index (χ2v) is 5.26. The summed E-state index contributed by atoms with van der Waals surface area (Å²) in [4.78, 5) is 4.08. The molecular formula is C9H20IN3S. The highest BCUT2D eigenvalue weighted by molar-refractivity contribution is 14.0. The topological polar surface area (TPSA) is 36.4 Å². The summed E-state index contributed by atoms with van der Waals surface area (Å²) in [6.07, 6.45) is 2.66. The monoisotopic (exact) mass is 329 g/mol. The van der Waals surface area contributed by atoms with Crippen LogP contribution in [0.15, 0.2) is 4.99 Å². The van der Waals surface area contributed by atoms with Gasteiger partial charge in [0, 0.05) is 25.4 Å². The van der Waals surface area contributed by atoms with Crippen molar-refractivity contribution in [3.63, 3.8) is 0 Å². The molecule has 0 aromatic rings. The van der Waals surface area contributed by atoms with E-state index in [1.54, 1.807) is 7.05 Å². The summed E-state index contributed by atoms with van der Waals surface area (Å²) in [7, 11) is 3.68. The first kappa shape index (κ1) is 14.3. The van der Waals surface area contributed by atoms with Crippen molar-refractivity contribution in [3.05, 3.63) is 0 Å². The van der Waals surface area contributed by atoms with Gasteiger partial charge >= 0.3 is 0 Å². The van der Waals surface area contributed by atoms with E-state index < -0.39 is 0 Å². The maximum Gasteiger partial charge on any atom is 0.190 e. The van der Waals surface area contributed by atoms with Gasteiger partial charge in [0.1, 0.15) is 0 Å². The molecule has 0 aromatic heterocycles. The lowest BCUT2D eigenvalue weighted by Crippen LogP contribution is -2.42. The molecule has 1 atom stereocenters. The maximum atomic E-state index is 4.08. The van der Waals surface area contributed by atoms with Crippen LogP contribution in [0.5, 0.6) is 0 Å². The molecule has 14 heavy (non-hydrogen) atoms. The Bertz CT molecular complexity index is 190. The lowest BCUT2D eigenvalue weighted by Gasteiger charge is -2.23. The summed E-state index contributed by atoms with van der Waals surface area (Å²) >= 11 is 2.06. The van der Waals surface area contributed by atoms with Crippen LogP contribution in [0.2, 0.25) is 0 Å². The third-order valence-corrected chi connectivity index (χ3v) is 3.93. The maximum absolute atomic E-state index is 4.08. The molecular weight excluding hydrogens is 309 g/mol. The van der Waals surface area contributed by atoms with Crippen LogP contribution in [-0.4, -0.2) is 37.1 Å². The van der Waals surface area contributed by atoms with E-state index in [2.05, 4.69) is 34.3 Å². The molecule has 0 radical (unpaired) electrons. The highest BCUT2D eigenvalue weighted by Gasteiger charge is 2.29. The fourth-order valence-corrected chi connectivity index (χ4v) is 2.77. The number of halogens is 1. The highest BCUT2D eigenvalue weighted by Crippen LogP contribution is 2.36. The zero-order valence-corrected chi connectivity index (χ0v) is 12.2. The van der Waals surface area contributed by atoms with Crippen molar-refractivity contribution >= 4 is 41.7 Å². The Morgan fingerprint density at radius 3 is 2.71 bits per heavy atom. The van der Waals surface area contributed by atoms with E-state index in [1.165, 1.54) is 18.6 Å². The van der Waals surface area contributed by atoms with Crippen molar-refractivity contribution in [2.75, 3.05) is 26.4 Å². The van der Waals surface area contributed by atoms with Gasteiger partial charge in [0.15, 0.2) is 5.96 Å². The number of rotatable bonds is 2. The molecule has 2 N–H and O–H groups in total. The highest BCUT2D eigenvalue weighted by atomic mass is 127. The van der Waals surface area contributed by atoms with Crippen LogP contribution in [0.25, 0.3) is 0 Å². The smallest absolute Gasteiger partial charge is 0.190 e. The zero-order chi connectivity index (χ0) is 9.73. The van der Waals surface area contributed by atoms with Crippen LogP contribution >= 0.6 is 35.7 Å². The summed E-state index contributed by atoms with van der Waals surface area (Å²) in [6, 6.07) is 0. The fraction of sp³-hybridized carbons (Fsp3) is 0.889. The standard InChI is InChI=1S/C9H19N3S.HI/c1-9(5-4-6-13-9)7-12-8(10-2)11-3;/h4-7H2,1-3H3,(H2,10,11,12);1H. The molecule has 1 aliphatic rings. The van der Waals surface area contributed by atoms with E-state index in [0.717, 1.165) is 12.5 Å². The molecule has 0 spiro atoms. The molecule has 1 unspecified atom stereocenters. The van der Waals surface area contributed by atoms with Gasteiger partial charge < -0.3 is 10.6 Å². The van der Waals surface area contributed by atoms with Gasteiger partial charge in [0.05, 0.1) is 0 Å². The van der Waals surface area contributed by atoms with Crippen LogP contribution in [0.1, 0.15) is 19.8 Å². The van der Waals surface area contributed by atoms with Gasteiger partial charge in [0.25, 0.3) is 0 Å². The predicted molar refractivity (Wildman–Crippen MR) is 75.9 cm³/mol. The Hall–Kier alpha value is 0.350. The zero-order valence-electron chi connectivity index (χ0n) is 9.09. The van der Waals surface area contributed by atoms with E-state index >= 15 is 0 Å². The normalized spacial score (nSPS) is 26.9. The van der Waals surface area contributed by atoms with Gasteiger partial charge in [0.2, 0.25) is 0 Å². The minimum atomic E-state index is 0. The number of nitrogens with one attached hydrogen (secondary N) is 2. The summed E-state index contributed by atoms with van der Waals surface area (Å²) in [5.74, 6) is 2.18. The van der Waals surface area contributed by atoms with Gasteiger partial charge in [-0.05, 0) is 25.5 Å². The summed E-state index contributed by atoms with van der Waals surface area (Å²) < 4.78 is 0.410. The number of thioether (sulfide) groups is 1. The Morgan fingerprint density at radius 1 is 1.57 bits per heavy atom. The van der Waals surface area contributed by atoms with Crippen LogP contribution in [-0.2, 0) is 0 Å². The van der Waals surface area contributed by atoms with Crippen molar-refractivity contribution < 1.29 is 0 Å². The minimum absolute atomic E-state index is 0. The molecule has 1 fully saturated rings. The van der Waals surface area contributed by atoms with Gasteiger partial charge in [-0.15, -0.1) is 24.0 Å². The van der Waals surface area contributed by atoms with Crippen LogP contribution in [0.3, 0.4) is 0 Å². The molecule has 1 heterocycles. The first-order chi connectivity index (χ1) is 6.20. The Labute approximate surface area is 108 Å². The van der Waals surface area contributed by atoms with Gasteiger partial charge in [-0.25, -0.2) is 0 Å². The van der Waals surface area contributed by atoms with Crippen LogP contribution < -0.4 is 10.6 Å². The van der Waals surface area contributed by atoms with Crippen molar-refractivity contribution in [2.24, 2.45) is 4.99 Å². The Kier molecular flexibility index (Phi) is 6.93. The quantitative estimate of drug-likeness (QED) is 0.460. The van der Waals surface area contributed by atoms with Crippen molar-refractivity contribution in [2.45, 2.75) is 24.5 Å². The van der Waals surface area contributed by atoms with Crippen molar-refractivity contribution in [1.29, 1.82) is 0 Å². The lowest BCUT2D eigenvalue weighted by molar-refractivity contribution is 0.587. The molecule has 1 saturated heterocycles. The molecule has 3 nitrogen and oxygen atoms in total. The molecule has 1 rings (SSSR count). The molecule has 0 aromatic carbocycles. The number of guanidine groups is 1. The molecule has 84 valence electrons. The van der Waals surface area contributed by atoms with Gasteiger partial charge in [-0.2, -0.15) is 11.8 Å². The Balaban J connectivity index is 0.00000169. The molecule has 1 aliphatic heterocycles. The van der Waals surface area contributed by atoms with E-state index in [-0.39, 0.29) is 24.0 Å². The molecule has 5 heteroatoms. The van der Waals surface area contributed by atoms with Crippen LogP contribution in [0, 0.1) is 0 Å². The summed E-state index contributed by atoms with van der Waals surface area (Å²) in [5.41, 5.74) is 0. The number of hydrogen-bond donors (Lipinski definition) is 2. The second-order valence-electron chi connectivity index (χ2n) is 3.58. The van der Waals surface area contributed by atoms with Gasteiger partial charge in [-0.3, -0.25) is 4.99 Å². The summed E-state index contributed by atoms with van der Waals surface area (Å²) in [5, 5.41) is 6.34. The van der Waals surface area contributed by atoms with Gasteiger partial charge in [-0.1, -0.05) is 0 Å². The lowest BCUT2D eigenvalue weighted by atomic mass is 10.1. The third-order valence-electron chi connectivity index (χ3n) is 2.39. The third kappa shape index (κ3) is 4.25. The van der Waals surface area contributed by atoms with E-state index in [9.17, 15) is 0 Å². The Morgan fingerprint density at radius 2 is 2.29 bits per heavy atom. The molecule has 0 bridgehead atoms. The second kappa shape index (κ2) is 6.76. The van der Waals surface area contributed by atoms with E-state index in [0.29, 0.717) is 4.75 Å². The average molecular weight is 329 g/mol. The minimum Gasteiger partial charge on any atom is -0.359 e. The SMILES string of the molecule is CN=C(NC)NCC1(C)CCCS1.I. The van der Waals surface area contributed by atoms with Crippen molar-refractivity contribution in [1.82, 2.24) is 10.6 Å². The van der Waals surface area contributed by atoms with Crippen molar-refractivity contribution in [3.8, 4) is 0 Å². The largest absolute Gasteiger partial charge is 0.359 e. The van der Waals surface area contributed by atoms with Crippen LogP contribution in [0.4, 0.5) is 0 Å². The summed E-state index contributed by atoms with van der Waals surface area (Å²) in [6.45, 7) is 3.33. The molecule has 0 saturated carbocycles. The first-order valence-corrected chi connectivity index (χ1v) is 5.71. The molecule has 0 amide bonds. The number of hydrogen-bond acceptors (Lipinski definition) is 2. The molecule has 0 aliphatic carbocycles. The van der Waals surface area contributed by atoms with E-state index in [1.807, 2.05) is 7.05 Å². The number of nitrogens with zero attached hydrogens (tertiary/aromatic N) is 1. The predicted octanol–water partition coefficient (Wildman–Crippen LogP) is 1.68. The number of aliphatic imine (C=N–C) groups is 1. The first-order valence-electron chi connectivity index (χ1n) is 4.72. The average Bonchev–Trinajstić information content (AvgIpc) is 2.55. The fourth-order valence-electron chi connectivity index (χ4n) is 1.53. The van der Waals surface area contributed by atoms with E-state index in [4.69, 9.17) is 0 Å².